The molecule has 0 spiro atoms. The van der Waals surface area contributed by atoms with Gasteiger partial charge in [-0.25, -0.2) is 0 Å². The fourth-order valence-corrected chi connectivity index (χ4v) is 2.63. The summed E-state index contributed by atoms with van der Waals surface area (Å²) < 4.78 is 0.541. The first-order chi connectivity index (χ1) is 11.8. The number of carbonyl (C=O) groups excluding carboxylic acids is 2. The minimum Gasteiger partial charge on any atom is -0.503 e. The van der Waals surface area contributed by atoms with Crippen molar-refractivity contribution in [3.8, 4) is 5.75 Å². The molecule has 0 aliphatic carbocycles. The molecule has 2 aromatic rings. The number of aromatic nitrogens is 1. The summed E-state index contributed by atoms with van der Waals surface area (Å²) in [6.45, 7) is 3.47. The monoisotopic (exact) mass is 344 g/mol. The van der Waals surface area contributed by atoms with Gasteiger partial charge in [0.1, 0.15) is 6.10 Å². The van der Waals surface area contributed by atoms with Gasteiger partial charge in [-0.15, -0.1) is 5.06 Å². The summed E-state index contributed by atoms with van der Waals surface area (Å²) >= 11 is 0. The number of hydrogen-bond acceptors (Lipinski definition) is 6. The van der Waals surface area contributed by atoms with Crippen molar-refractivity contribution in [2.75, 3.05) is 0 Å². The Bertz CT molecular complexity index is 883. The standard InChI is InChI=1S/C17H16N2O6/c1-9(2)15(12-7-13(20)14(21)8-18(12)24)25-19-16(22)10-5-3-4-6-11(10)17(19)23/h3-9,15,21,24H,1-2H3. The average Bonchev–Trinajstić information content (AvgIpc) is 2.81. The Morgan fingerprint density at radius 3 is 2.12 bits per heavy atom. The van der Waals surface area contributed by atoms with E-state index in [-0.39, 0.29) is 22.7 Å². The Morgan fingerprint density at radius 1 is 1.04 bits per heavy atom. The van der Waals surface area contributed by atoms with E-state index in [4.69, 9.17) is 4.84 Å². The molecule has 0 fully saturated rings. The number of carbonyl (C=O) groups is 2. The number of imide groups is 1. The number of fused-ring (bicyclic) bond motifs is 1. The van der Waals surface area contributed by atoms with Crippen molar-refractivity contribution in [3.05, 3.63) is 63.6 Å². The van der Waals surface area contributed by atoms with E-state index < -0.39 is 29.1 Å². The zero-order valence-corrected chi connectivity index (χ0v) is 13.5. The number of pyridine rings is 1. The maximum Gasteiger partial charge on any atom is 0.285 e. The number of aromatic hydroxyl groups is 1. The molecule has 8 heteroatoms. The number of hydroxylamine groups is 2. The quantitative estimate of drug-likeness (QED) is 0.646. The van der Waals surface area contributed by atoms with Gasteiger partial charge in [-0.2, -0.15) is 4.73 Å². The first kappa shape index (κ1) is 16.7. The minimum absolute atomic E-state index is 0.00866. The second-order valence-corrected chi connectivity index (χ2v) is 6.01. The summed E-state index contributed by atoms with van der Waals surface area (Å²) in [6.07, 6.45) is -0.140. The van der Waals surface area contributed by atoms with E-state index in [1.165, 1.54) is 12.1 Å². The van der Waals surface area contributed by atoms with E-state index in [0.717, 1.165) is 12.3 Å². The molecule has 3 rings (SSSR count). The molecule has 0 saturated heterocycles. The molecule has 0 saturated carbocycles. The van der Waals surface area contributed by atoms with Gasteiger partial charge < -0.3 is 10.3 Å². The van der Waals surface area contributed by atoms with Crippen LogP contribution in [0.25, 0.3) is 0 Å². The Morgan fingerprint density at radius 2 is 1.60 bits per heavy atom. The van der Waals surface area contributed by atoms with Gasteiger partial charge in [-0.3, -0.25) is 19.2 Å². The molecule has 1 aromatic heterocycles. The summed E-state index contributed by atoms with van der Waals surface area (Å²) in [5, 5.41) is 20.0. The number of rotatable bonds is 4. The maximum absolute atomic E-state index is 12.4. The Labute approximate surface area is 142 Å². The van der Waals surface area contributed by atoms with Crippen LogP contribution < -0.4 is 5.43 Å². The van der Waals surface area contributed by atoms with Gasteiger partial charge >= 0.3 is 0 Å². The molecule has 1 aromatic carbocycles. The molecule has 2 amide bonds. The molecule has 1 atom stereocenters. The predicted molar refractivity (Wildman–Crippen MR) is 85.2 cm³/mol. The van der Waals surface area contributed by atoms with Crippen LogP contribution in [-0.4, -0.2) is 31.9 Å². The number of benzene rings is 1. The lowest BCUT2D eigenvalue weighted by atomic mass is 10.0. The first-order valence-electron chi connectivity index (χ1n) is 7.60. The molecule has 1 aliphatic heterocycles. The lowest BCUT2D eigenvalue weighted by Gasteiger charge is -2.26. The molecule has 1 unspecified atom stereocenters. The third kappa shape index (κ3) is 2.76. The molecular weight excluding hydrogens is 328 g/mol. The summed E-state index contributed by atoms with van der Waals surface area (Å²) in [7, 11) is 0. The zero-order valence-electron chi connectivity index (χ0n) is 13.5. The fourth-order valence-electron chi connectivity index (χ4n) is 2.63. The van der Waals surface area contributed by atoms with Gasteiger partial charge in [0, 0.05) is 6.07 Å². The van der Waals surface area contributed by atoms with E-state index in [2.05, 4.69) is 0 Å². The van der Waals surface area contributed by atoms with Crippen molar-refractivity contribution in [3.63, 3.8) is 0 Å². The predicted octanol–water partition coefficient (Wildman–Crippen LogP) is 1.72. The zero-order chi connectivity index (χ0) is 18.3. The number of amides is 2. The highest BCUT2D eigenvalue weighted by Gasteiger charge is 2.39. The van der Waals surface area contributed by atoms with Crippen LogP contribution in [0, 0.1) is 5.92 Å². The maximum atomic E-state index is 12.4. The molecule has 130 valence electrons. The van der Waals surface area contributed by atoms with Crippen molar-refractivity contribution < 1.29 is 24.7 Å². The van der Waals surface area contributed by atoms with Gasteiger partial charge in [0.2, 0.25) is 5.43 Å². The molecular formula is C17H16N2O6. The largest absolute Gasteiger partial charge is 0.503 e. The van der Waals surface area contributed by atoms with Crippen LogP contribution in [0.15, 0.2) is 41.3 Å². The van der Waals surface area contributed by atoms with Crippen LogP contribution in [-0.2, 0) is 4.84 Å². The lowest BCUT2D eigenvalue weighted by molar-refractivity contribution is -0.153. The Kier molecular flexibility index (Phi) is 4.05. The van der Waals surface area contributed by atoms with Gasteiger partial charge in [-0.05, 0) is 18.1 Å². The molecule has 8 nitrogen and oxygen atoms in total. The highest BCUT2D eigenvalue weighted by molar-refractivity contribution is 6.20. The molecule has 25 heavy (non-hydrogen) atoms. The van der Waals surface area contributed by atoms with E-state index in [0.29, 0.717) is 9.79 Å². The normalized spacial score (nSPS) is 14.9. The summed E-state index contributed by atoms with van der Waals surface area (Å²) in [6, 6.07) is 7.31. The second-order valence-electron chi connectivity index (χ2n) is 6.01. The number of hydrogen-bond donors (Lipinski definition) is 2. The van der Waals surface area contributed by atoms with Crippen LogP contribution in [0.1, 0.15) is 46.4 Å². The van der Waals surface area contributed by atoms with Crippen molar-refractivity contribution in [1.82, 2.24) is 9.79 Å². The molecule has 1 aliphatic rings. The van der Waals surface area contributed by atoms with Crippen molar-refractivity contribution in [1.29, 1.82) is 0 Å². The summed E-state index contributed by atoms with van der Waals surface area (Å²) in [5.74, 6) is -2.16. The van der Waals surface area contributed by atoms with E-state index in [9.17, 15) is 24.7 Å². The Balaban J connectivity index is 1.97. The van der Waals surface area contributed by atoms with E-state index >= 15 is 0 Å². The average molecular weight is 344 g/mol. The van der Waals surface area contributed by atoms with Crippen LogP contribution in [0.2, 0.25) is 0 Å². The Hall–Kier alpha value is -3.13. The fraction of sp³-hybridized carbons (Fsp3) is 0.235. The molecule has 2 N–H and O–H groups in total. The molecule has 2 heterocycles. The third-order valence-electron chi connectivity index (χ3n) is 3.91. The highest BCUT2D eigenvalue weighted by Crippen LogP contribution is 2.31. The van der Waals surface area contributed by atoms with Crippen molar-refractivity contribution in [2.45, 2.75) is 20.0 Å². The second kappa shape index (κ2) is 6.06. The van der Waals surface area contributed by atoms with Gasteiger partial charge in [0.15, 0.2) is 5.75 Å². The van der Waals surface area contributed by atoms with Crippen LogP contribution in [0.5, 0.6) is 5.75 Å². The van der Waals surface area contributed by atoms with Crippen molar-refractivity contribution in [2.24, 2.45) is 5.92 Å². The highest BCUT2D eigenvalue weighted by atomic mass is 16.7. The van der Waals surface area contributed by atoms with E-state index in [1.807, 2.05) is 0 Å². The van der Waals surface area contributed by atoms with Crippen molar-refractivity contribution >= 4 is 11.8 Å². The molecule has 0 radical (unpaired) electrons. The summed E-state index contributed by atoms with van der Waals surface area (Å²) in [4.78, 5) is 42.1. The van der Waals surface area contributed by atoms with Gasteiger partial charge in [-0.1, -0.05) is 26.0 Å². The van der Waals surface area contributed by atoms with Crippen LogP contribution >= 0.6 is 0 Å². The first-order valence-corrected chi connectivity index (χ1v) is 7.60. The number of nitrogens with zero attached hydrogens (tertiary/aromatic N) is 2. The van der Waals surface area contributed by atoms with E-state index in [1.54, 1.807) is 26.0 Å². The van der Waals surface area contributed by atoms with Crippen LogP contribution in [0.3, 0.4) is 0 Å². The van der Waals surface area contributed by atoms with Crippen LogP contribution in [0.4, 0.5) is 0 Å². The van der Waals surface area contributed by atoms with Gasteiger partial charge in [0.25, 0.3) is 11.8 Å². The van der Waals surface area contributed by atoms with Gasteiger partial charge in [0.05, 0.1) is 23.0 Å². The smallest absolute Gasteiger partial charge is 0.285 e. The topological polar surface area (TPSA) is 109 Å². The summed E-state index contributed by atoms with van der Waals surface area (Å²) in [5.41, 5.74) is -0.254. The third-order valence-corrected chi connectivity index (χ3v) is 3.91. The lowest BCUT2D eigenvalue weighted by Crippen LogP contribution is -2.34. The molecule has 0 bridgehead atoms. The SMILES string of the molecule is CC(C)C(ON1C(=O)c2ccccc2C1=O)c1cc(=O)c(O)cn1O. The minimum atomic E-state index is -0.972.